The average Bonchev–Trinajstić information content (AvgIpc) is 2.95. The molecular formula is C32H58O6Si2. The van der Waals surface area contributed by atoms with Gasteiger partial charge >= 0.3 is 17.6 Å². The van der Waals surface area contributed by atoms with E-state index in [2.05, 4.69) is 74.5 Å². The third-order valence-electron chi connectivity index (χ3n) is 5.69. The van der Waals surface area contributed by atoms with Gasteiger partial charge in [-0.2, -0.15) is 0 Å². The number of hydrogen-bond acceptors (Lipinski definition) is 6. The fourth-order valence-corrected chi connectivity index (χ4v) is 9.42. The van der Waals surface area contributed by atoms with E-state index in [4.69, 9.17) is 26.6 Å². The van der Waals surface area contributed by atoms with Crippen molar-refractivity contribution in [1.29, 1.82) is 0 Å². The Morgan fingerprint density at radius 2 is 0.650 bits per heavy atom. The van der Waals surface area contributed by atoms with Gasteiger partial charge in [-0.05, 0) is 65.5 Å². The number of rotatable bonds is 19. The van der Waals surface area contributed by atoms with Crippen molar-refractivity contribution in [3.63, 3.8) is 0 Å². The molecule has 0 heterocycles. The van der Waals surface area contributed by atoms with Crippen LogP contribution in [0.25, 0.3) is 0 Å². The zero-order valence-electron chi connectivity index (χ0n) is 26.7. The summed E-state index contributed by atoms with van der Waals surface area (Å²) in [5.41, 5.74) is 2.83. The lowest BCUT2D eigenvalue weighted by Crippen LogP contribution is -2.45. The van der Waals surface area contributed by atoms with E-state index in [0.717, 1.165) is 37.8 Å². The molecule has 40 heavy (non-hydrogen) atoms. The molecule has 8 heteroatoms. The Balaban J connectivity index is 0.000000572. The van der Waals surface area contributed by atoms with Gasteiger partial charge in [0.15, 0.2) is 0 Å². The van der Waals surface area contributed by atoms with Crippen molar-refractivity contribution in [2.24, 2.45) is 0 Å². The van der Waals surface area contributed by atoms with Crippen molar-refractivity contribution in [3.05, 3.63) is 71.8 Å². The van der Waals surface area contributed by atoms with Crippen molar-refractivity contribution in [2.75, 3.05) is 39.6 Å². The van der Waals surface area contributed by atoms with Gasteiger partial charge in [-0.1, -0.05) is 87.4 Å². The van der Waals surface area contributed by atoms with E-state index in [1.807, 2.05) is 41.5 Å². The smallest absolute Gasteiger partial charge is 0.374 e. The number of hydrogen-bond donors (Lipinski definition) is 0. The van der Waals surface area contributed by atoms with Crippen LogP contribution in [0, 0.1) is 0 Å². The third-order valence-corrected chi connectivity index (χ3v) is 12.3. The zero-order chi connectivity index (χ0) is 30.0. The van der Waals surface area contributed by atoms with E-state index < -0.39 is 17.6 Å². The second kappa shape index (κ2) is 25.4. The molecule has 0 saturated carbocycles. The van der Waals surface area contributed by atoms with E-state index in [1.54, 1.807) is 0 Å². The molecule has 0 bridgehead atoms. The molecule has 2 aromatic carbocycles. The molecule has 0 fully saturated rings. The second-order valence-electron chi connectivity index (χ2n) is 8.94. The minimum absolute atomic E-state index is 0.673. The van der Waals surface area contributed by atoms with E-state index in [1.165, 1.54) is 11.1 Å². The van der Waals surface area contributed by atoms with Crippen LogP contribution in [-0.2, 0) is 39.4 Å². The summed E-state index contributed by atoms with van der Waals surface area (Å²) in [5.74, 6) is 0. The Bertz CT molecular complexity index is 668. The van der Waals surface area contributed by atoms with Gasteiger partial charge in [-0.25, -0.2) is 0 Å². The Labute approximate surface area is 248 Å². The second-order valence-corrected chi connectivity index (χ2v) is 14.4. The van der Waals surface area contributed by atoms with Gasteiger partial charge in [-0.3, -0.25) is 0 Å². The molecular weight excluding hydrogens is 537 g/mol. The van der Waals surface area contributed by atoms with E-state index in [-0.39, 0.29) is 0 Å². The average molecular weight is 595 g/mol. The molecule has 0 aromatic heterocycles. The summed E-state index contributed by atoms with van der Waals surface area (Å²) >= 11 is 0. The maximum Gasteiger partial charge on any atom is 0.500 e. The van der Waals surface area contributed by atoms with Crippen LogP contribution in [0.2, 0.25) is 12.1 Å². The molecule has 0 aliphatic carbocycles. The maximum atomic E-state index is 5.65. The van der Waals surface area contributed by atoms with Crippen molar-refractivity contribution in [2.45, 2.75) is 93.2 Å². The molecule has 2 rings (SSSR count). The molecule has 0 aliphatic heterocycles. The predicted molar refractivity (Wildman–Crippen MR) is 172 cm³/mol. The summed E-state index contributed by atoms with van der Waals surface area (Å²) in [6.45, 7) is 20.2. The van der Waals surface area contributed by atoms with Crippen LogP contribution in [-0.4, -0.2) is 57.3 Å². The van der Waals surface area contributed by atoms with Gasteiger partial charge in [0.25, 0.3) is 0 Å². The summed E-state index contributed by atoms with van der Waals surface area (Å²) in [7, 11) is -4.59. The molecule has 0 amide bonds. The third kappa shape index (κ3) is 17.4. The van der Waals surface area contributed by atoms with Gasteiger partial charge in [-0.15, -0.1) is 0 Å². The molecule has 0 aliphatic rings. The lowest BCUT2D eigenvalue weighted by Gasteiger charge is -2.27. The first-order valence-electron chi connectivity index (χ1n) is 15.3. The molecule has 0 radical (unpaired) electrons. The van der Waals surface area contributed by atoms with Gasteiger partial charge < -0.3 is 26.6 Å². The van der Waals surface area contributed by atoms with Crippen molar-refractivity contribution < 1.29 is 26.6 Å². The maximum absolute atomic E-state index is 5.65. The van der Waals surface area contributed by atoms with Crippen LogP contribution < -0.4 is 0 Å². The first kappa shape index (κ1) is 38.6. The van der Waals surface area contributed by atoms with Gasteiger partial charge in [0.05, 0.1) is 0 Å². The summed E-state index contributed by atoms with van der Waals surface area (Å²) in [6, 6.07) is 23.1. The number of benzene rings is 2. The first-order valence-corrected chi connectivity index (χ1v) is 19.2. The molecule has 230 valence electrons. The van der Waals surface area contributed by atoms with Crippen LogP contribution in [0.4, 0.5) is 0 Å². The van der Waals surface area contributed by atoms with Crippen molar-refractivity contribution in [3.8, 4) is 0 Å². The minimum Gasteiger partial charge on any atom is -0.374 e. The molecule has 6 nitrogen and oxygen atoms in total. The highest BCUT2D eigenvalue weighted by Gasteiger charge is 2.39. The van der Waals surface area contributed by atoms with E-state index >= 15 is 0 Å². The van der Waals surface area contributed by atoms with Crippen LogP contribution in [0.3, 0.4) is 0 Å². The lowest BCUT2D eigenvalue weighted by atomic mass is 10.0. The Morgan fingerprint density at radius 3 is 0.850 bits per heavy atom. The minimum atomic E-state index is -2.30. The zero-order valence-corrected chi connectivity index (χ0v) is 28.7. The fraction of sp³-hybridized carbons (Fsp3) is 0.625. The van der Waals surface area contributed by atoms with Gasteiger partial charge in [0.1, 0.15) is 0 Å². The fourth-order valence-electron chi connectivity index (χ4n) is 4.19. The highest BCUT2D eigenvalue weighted by Crippen LogP contribution is 2.18. The normalized spacial score (nSPS) is 11.3. The Morgan fingerprint density at radius 1 is 0.400 bits per heavy atom. The standard InChI is InChI=1S/C14H14.2C9H22O3Si/c1-3-7-13(8-4-1)11-12-14-9-5-2-6-10-14;2*1-5-9-13(10-6-2,11-7-3)12-8-4/h1-10H,11-12H2;2*5-9H2,1-4H3. The van der Waals surface area contributed by atoms with Gasteiger partial charge in [0.2, 0.25) is 0 Å². The van der Waals surface area contributed by atoms with Crippen LogP contribution in [0.15, 0.2) is 60.7 Å². The molecule has 0 spiro atoms. The molecule has 0 atom stereocenters. The predicted octanol–water partition coefficient (Wildman–Crippen LogP) is 8.36. The van der Waals surface area contributed by atoms with Crippen molar-refractivity contribution >= 4 is 17.6 Å². The summed E-state index contributed by atoms with van der Waals surface area (Å²) in [6.07, 6.45) is 4.36. The highest BCUT2D eigenvalue weighted by atomic mass is 28.4. The monoisotopic (exact) mass is 594 g/mol. The van der Waals surface area contributed by atoms with E-state index in [9.17, 15) is 0 Å². The Hall–Kier alpha value is -1.37. The molecule has 0 N–H and O–H groups in total. The Kier molecular flexibility index (Phi) is 24.5. The van der Waals surface area contributed by atoms with E-state index in [0.29, 0.717) is 39.6 Å². The molecule has 0 unspecified atom stereocenters. The SMILES string of the molecule is CCC[Si](OCC)(OCC)OCC.CCC[Si](OCC)(OCC)OCC.c1ccc(CCc2ccccc2)cc1. The van der Waals surface area contributed by atoms with Crippen molar-refractivity contribution in [1.82, 2.24) is 0 Å². The van der Waals surface area contributed by atoms with Gasteiger partial charge in [0, 0.05) is 51.7 Å². The molecule has 2 aromatic rings. The number of aryl methyl sites for hydroxylation is 2. The topological polar surface area (TPSA) is 55.4 Å². The lowest BCUT2D eigenvalue weighted by molar-refractivity contribution is 0.0703. The summed E-state index contributed by atoms with van der Waals surface area (Å²) in [5, 5.41) is 0. The van der Waals surface area contributed by atoms with Crippen LogP contribution in [0.1, 0.15) is 79.4 Å². The van der Waals surface area contributed by atoms with Crippen LogP contribution in [0.5, 0.6) is 0 Å². The summed E-state index contributed by atoms with van der Waals surface area (Å²) in [4.78, 5) is 0. The first-order chi connectivity index (χ1) is 19.4. The molecule has 0 saturated heterocycles. The van der Waals surface area contributed by atoms with Crippen LogP contribution >= 0.6 is 0 Å². The summed E-state index contributed by atoms with van der Waals surface area (Å²) < 4.78 is 33.9. The quantitative estimate of drug-likeness (QED) is 0.152. The highest BCUT2D eigenvalue weighted by molar-refractivity contribution is 6.61. The largest absolute Gasteiger partial charge is 0.500 e.